The summed E-state index contributed by atoms with van der Waals surface area (Å²) >= 11 is 0. The average molecular weight is 357 g/mol. The van der Waals surface area contributed by atoms with E-state index < -0.39 is 5.60 Å². The van der Waals surface area contributed by atoms with Crippen LogP contribution in [0.5, 0.6) is 5.75 Å². The smallest absolute Gasteiger partial charge is 0.411 e. The zero-order valence-electron chi connectivity index (χ0n) is 16.5. The lowest BCUT2D eigenvalue weighted by atomic mass is 9.83. The number of carbonyl (C=O) groups is 1. The van der Waals surface area contributed by atoms with Crippen molar-refractivity contribution in [2.45, 2.75) is 77.5 Å². The molecule has 0 aliphatic carbocycles. The van der Waals surface area contributed by atoms with Crippen molar-refractivity contribution in [2.75, 3.05) is 6.61 Å². The fourth-order valence-corrected chi connectivity index (χ4v) is 3.85. The molecule has 142 valence electrons. The summed E-state index contributed by atoms with van der Waals surface area (Å²) in [4.78, 5) is 14.7. The minimum atomic E-state index is -0.458. The van der Waals surface area contributed by atoms with Crippen LogP contribution in [-0.4, -0.2) is 35.3 Å². The predicted molar refractivity (Wildman–Crippen MR) is 104 cm³/mol. The Morgan fingerprint density at radius 3 is 2.77 bits per heavy atom. The summed E-state index contributed by atoms with van der Waals surface area (Å²) in [5, 5.41) is 0. The summed E-state index contributed by atoms with van der Waals surface area (Å²) in [6.07, 6.45) is 7.18. The molecule has 0 spiro atoms. The molecule has 0 N–H and O–H groups in total. The number of piperidine rings is 1. The third-order valence-electron chi connectivity index (χ3n) is 4.92. The van der Waals surface area contributed by atoms with Crippen molar-refractivity contribution in [1.29, 1.82) is 0 Å². The van der Waals surface area contributed by atoms with E-state index in [9.17, 15) is 4.79 Å². The van der Waals surface area contributed by atoms with Gasteiger partial charge >= 0.3 is 6.09 Å². The van der Waals surface area contributed by atoms with E-state index in [1.54, 1.807) is 0 Å². The number of hydrogen-bond donors (Lipinski definition) is 0. The topological polar surface area (TPSA) is 38.8 Å². The van der Waals surface area contributed by atoms with E-state index in [4.69, 9.17) is 9.47 Å². The summed E-state index contributed by atoms with van der Waals surface area (Å²) in [5.41, 5.74) is 2.07. The number of benzene rings is 1. The minimum Gasteiger partial charge on any atom is -0.494 e. The normalized spacial score (nSPS) is 22.6. The average Bonchev–Trinajstić information content (AvgIpc) is 2.57. The quantitative estimate of drug-likeness (QED) is 0.722. The molecule has 0 aromatic heterocycles. The molecule has 3 rings (SSSR count). The van der Waals surface area contributed by atoms with E-state index in [2.05, 4.69) is 31.2 Å². The van der Waals surface area contributed by atoms with E-state index in [1.807, 2.05) is 31.7 Å². The number of nitrogens with zero attached hydrogens (tertiary/aromatic N) is 1. The number of amides is 1. The van der Waals surface area contributed by atoms with Gasteiger partial charge in [0, 0.05) is 6.04 Å². The molecule has 1 aromatic rings. The number of hydrogen-bond acceptors (Lipinski definition) is 3. The second-order valence-electron chi connectivity index (χ2n) is 8.31. The predicted octanol–water partition coefficient (Wildman–Crippen LogP) is 5.42. The van der Waals surface area contributed by atoms with Gasteiger partial charge in [-0.1, -0.05) is 25.1 Å². The molecular formula is C22H31NO3. The summed E-state index contributed by atoms with van der Waals surface area (Å²) in [5.74, 6) is 0.921. The van der Waals surface area contributed by atoms with Crippen molar-refractivity contribution in [1.82, 2.24) is 4.90 Å². The molecule has 4 nitrogen and oxygen atoms in total. The van der Waals surface area contributed by atoms with Gasteiger partial charge in [-0.25, -0.2) is 4.79 Å². The van der Waals surface area contributed by atoms with Gasteiger partial charge in [-0.3, -0.25) is 4.90 Å². The first-order valence-corrected chi connectivity index (χ1v) is 9.82. The van der Waals surface area contributed by atoms with E-state index >= 15 is 0 Å². The first kappa shape index (κ1) is 18.8. The molecule has 1 fully saturated rings. The summed E-state index contributed by atoms with van der Waals surface area (Å²) < 4.78 is 11.4. The first-order valence-electron chi connectivity index (χ1n) is 9.82. The van der Waals surface area contributed by atoms with Crippen molar-refractivity contribution in [3.8, 4) is 5.75 Å². The van der Waals surface area contributed by atoms with Gasteiger partial charge in [0.2, 0.25) is 0 Å². The molecule has 2 heterocycles. The van der Waals surface area contributed by atoms with Crippen LogP contribution in [0.4, 0.5) is 4.79 Å². The molecular weight excluding hydrogens is 326 g/mol. The lowest BCUT2D eigenvalue weighted by Crippen LogP contribution is -2.53. The van der Waals surface area contributed by atoms with Crippen molar-refractivity contribution in [3.63, 3.8) is 0 Å². The summed E-state index contributed by atoms with van der Waals surface area (Å²) in [6, 6.07) is 8.69. The molecule has 26 heavy (non-hydrogen) atoms. The SMILES string of the molecule is CCCOc1cccc(C2=CC3CCCC(C2)N3C(=O)OC(C)(C)C)c1. The fraction of sp³-hybridized carbons (Fsp3) is 0.591. The number of ether oxygens (including phenoxy) is 2. The van der Waals surface area contributed by atoms with Crippen molar-refractivity contribution in [2.24, 2.45) is 0 Å². The van der Waals surface area contributed by atoms with Gasteiger partial charge in [0.15, 0.2) is 0 Å². The molecule has 2 bridgehead atoms. The van der Waals surface area contributed by atoms with E-state index in [1.165, 1.54) is 11.1 Å². The summed E-state index contributed by atoms with van der Waals surface area (Å²) in [7, 11) is 0. The van der Waals surface area contributed by atoms with E-state index in [0.29, 0.717) is 0 Å². The molecule has 2 aliphatic heterocycles. The zero-order chi connectivity index (χ0) is 18.7. The minimum absolute atomic E-state index is 0.132. The molecule has 2 aliphatic rings. The molecule has 0 radical (unpaired) electrons. The highest BCUT2D eigenvalue weighted by Gasteiger charge is 2.39. The van der Waals surface area contributed by atoms with Crippen LogP contribution in [0, 0.1) is 0 Å². The van der Waals surface area contributed by atoms with Gasteiger partial charge < -0.3 is 9.47 Å². The molecule has 1 aromatic carbocycles. The second kappa shape index (κ2) is 7.73. The van der Waals surface area contributed by atoms with Crippen LogP contribution in [-0.2, 0) is 4.74 Å². The highest BCUT2D eigenvalue weighted by molar-refractivity contribution is 5.75. The van der Waals surface area contributed by atoms with Gasteiger partial charge in [0.25, 0.3) is 0 Å². The van der Waals surface area contributed by atoms with Crippen LogP contribution < -0.4 is 4.74 Å². The van der Waals surface area contributed by atoms with Crippen LogP contribution in [0.25, 0.3) is 5.57 Å². The third kappa shape index (κ3) is 4.40. The third-order valence-corrected chi connectivity index (χ3v) is 4.92. The Morgan fingerprint density at radius 1 is 1.27 bits per heavy atom. The van der Waals surface area contributed by atoms with E-state index in [-0.39, 0.29) is 18.2 Å². The lowest BCUT2D eigenvalue weighted by molar-refractivity contribution is 0.0000825. The van der Waals surface area contributed by atoms with Gasteiger partial charge in [-0.05, 0) is 76.1 Å². The van der Waals surface area contributed by atoms with Gasteiger partial charge in [0.05, 0.1) is 12.6 Å². The molecule has 2 atom stereocenters. The maximum Gasteiger partial charge on any atom is 0.411 e. The van der Waals surface area contributed by atoms with Crippen molar-refractivity contribution in [3.05, 3.63) is 35.9 Å². The Morgan fingerprint density at radius 2 is 2.08 bits per heavy atom. The Labute approximate surface area is 157 Å². The fourth-order valence-electron chi connectivity index (χ4n) is 3.85. The van der Waals surface area contributed by atoms with Gasteiger partial charge in [-0.15, -0.1) is 0 Å². The van der Waals surface area contributed by atoms with Crippen LogP contribution in [0.15, 0.2) is 30.3 Å². The molecule has 1 saturated heterocycles. The maximum absolute atomic E-state index is 12.7. The Bertz CT molecular complexity index is 674. The Kier molecular flexibility index (Phi) is 5.59. The first-order chi connectivity index (χ1) is 12.4. The molecule has 0 saturated carbocycles. The van der Waals surface area contributed by atoms with Crippen LogP contribution in [0.3, 0.4) is 0 Å². The van der Waals surface area contributed by atoms with Crippen LogP contribution in [0.1, 0.15) is 65.4 Å². The van der Waals surface area contributed by atoms with Gasteiger partial charge in [-0.2, -0.15) is 0 Å². The number of carbonyl (C=O) groups excluding carboxylic acids is 1. The highest BCUT2D eigenvalue weighted by Crippen LogP contribution is 2.38. The maximum atomic E-state index is 12.7. The van der Waals surface area contributed by atoms with Crippen molar-refractivity contribution >= 4 is 11.7 Å². The Balaban J connectivity index is 1.81. The van der Waals surface area contributed by atoms with Gasteiger partial charge in [0.1, 0.15) is 11.4 Å². The zero-order valence-corrected chi connectivity index (χ0v) is 16.5. The molecule has 4 heteroatoms. The monoisotopic (exact) mass is 357 g/mol. The molecule has 2 unspecified atom stereocenters. The van der Waals surface area contributed by atoms with Crippen LogP contribution >= 0.6 is 0 Å². The highest BCUT2D eigenvalue weighted by atomic mass is 16.6. The summed E-state index contributed by atoms with van der Waals surface area (Å²) in [6.45, 7) is 8.62. The largest absolute Gasteiger partial charge is 0.494 e. The van der Waals surface area contributed by atoms with E-state index in [0.717, 1.165) is 44.5 Å². The molecule has 1 amide bonds. The number of fused-ring (bicyclic) bond motifs is 2. The van der Waals surface area contributed by atoms with Crippen LogP contribution in [0.2, 0.25) is 0 Å². The van der Waals surface area contributed by atoms with Crippen molar-refractivity contribution < 1.29 is 14.3 Å². The lowest BCUT2D eigenvalue weighted by Gasteiger charge is -2.45. The number of rotatable bonds is 4. The Hall–Kier alpha value is -1.97. The second-order valence-corrected chi connectivity index (χ2v) is 8.31. The standard InChI is InChI=1S/C22H31NO3/c1-5-12-25-20-11-6-8-16(15-20)17-13-18-9-7-10-19(14-17)23(18)21(24)26-22(2,3)4/h6,8,11,13,15,18-19H,5,7,9-10,12,14H2,1-4H3.